The van der Waals surface area contributed by atoms with Crippen LogP contribution in [0.25, 0.3) is 0 Å². The molecule has 0 N–H and O–H groups in total. The number of piperidine rings is 1. The summed E-state index contributed by atoms with van der Waals surface area (Å²) in [5, 5.41) is 0. The Hall–Kier alpha value is -1.84. The zero-order valence-corrected chi connectivity index (χ0v) is 13.2. The number of benzene rings is 1. The van der Waals surface area contributed by atoms with E-state index in [9.17, 15) is 9.59 Å². The van der Waals surface area contributed by atoms with E-state index < -0.39 is 0 Å². The second-order valence-electron chi connectivity index (χ2n) is 6.55. The fourth-order valence-electron chi connectivity index (χ4n) is 3.18. The predicted molar refractivity (Wildman–Crippen MR) is 84.9 cm³/mol. The second-order valence-corrected chi connectivity index (χ2v) is 6.55. The Kier molecular flexibility index (Phi) is 4.46. The van der Waals surface area contributed by atoms with E-state index in [1.807, 2.05) is 47.2 Å². The molecule has 1 aromatic carbocycles. The molecule has 3 rings (SSSR count). The standard InChI is InChI=1S/C18H24N2O2/c1-19(13-14-5-3-2-4-6-14)17(21)16-9-11-20(12-10-16)18(22)15-7-8-15/h2-6,15-16H,7-13H2,1H3. The number of nitrogens with zero attached hydrogens (tertiary/aromatic N) is 2. The van der Waals surface area contributed by atoms with Crippen molar-refractivity contribution in [3.63, 3.8) is 0 Å². The Labute approximate surface area is 132 Å². The molecule has 0 atom stereocenters. The molecule has 0 aromatic heterocycles. The molecule has 1 aliphatic heterocycles. The maximum Gasteiger partial charge on any atom is 0.225 e. The van der Waals surface area contributed by atoms with E-state index in [-0.39, 0.29) is 17.7 Å². The van der Waals surface area contributed by atoms with Gasteiger partial charge in [0.2, 0.25) is 11.8 Å². The number of likely N-dealkylation sites (tertiary alicyclic amines) is 1. The first-order valence-corrected chi connectivity index (χ1v) is 8.23. The molecule has 118 valence electrons. The van der Waals surface area contributed by atoms with Gasteiger partial charge in [0.05, 0.1) is 0 Å². The van der Waals surface area contributed by atoms with E-state index in [1.54, 1.807) is 0 Å². The van der Waals surface area contributed by atoms with Crippen molar-refractivity contribution < 1.29 is 9.59 Å². The average Bonchev–Trinajstić information content (AvgIpc) is 3.39. The third-order valence-corrected chi connectivity index (χ3v) is 4.72. The van der Waals surface area contributed by atoms with Crippen molar-refractivity contribution >= 4 is 11.8 Å². The molecule has 0 radical (unpaired) electrons. The summed E-state index contributed by atoms with van der Waals surface area (Å²) in [6.45, 7) is 2.14. The fraction of sp³-hybridized carbons (Fsp3) is 0.556. The molecule has 22 heavy (non-hydrogen) atoms. The van der Waals surface area contributed by atoms with Crippen LogP contribution in [0, 0.1) is 11.8 Å². The zero-order chi connectivity index (χ0) is 15.5. The first kappa shape index (κ1) is 15.1. The summed E-state index contributed by atoms with van der Waals surface area (Å²) in [4.78, 5) is 28.4. The molecule has 2 fully saturated rings. The van der Waals surface area contributed by atoms with Gasteiger partial charge in [-0.05, 0) is 31.2 Å². The van der Waals surface area contributed by atoms with Crippen LogP contribution in [0.3, 0.4) is 0 Å². The highest BCUT2D eigenvalue weighted by Crippen LogP contribution is 2.32. The molecule has 4 heteroatoms. The van der Waals surface area contributed by atoms with E-state index in [4.69, 9.17) is 0 Å². The van der Waals surface area contributed by atoms with Gasteiger partial charge >= 0.3 is 0 Å². The van der Waals surface area contributed by atoms with Gasteiger partial charge in [-0.3, -0.25) is 9.59 Å². The van der Waals surface area contributed by atoms with Crippen LogP contribution in [0.1, 0.15) is 31.2 Å². The van der Waals surface area contributed by atoms with Crippen LogP contribution in [-0.2, 0) is 16.1 Å². The normalized spacial score (nSPS) is 19.0. The number of hydrogen-bond acceptors (Lipinski definition) is 2. The van der Waals surface area contributed by atoms with Gasteiger partial charge in [-0.1, -0.05) is 30.3 Å². The van der Waals surface area contributed by atoms with Crippen LogP contribution in [0.2, 0.25) is 0 Å². The van der Waals surface area contributed by atoms with Gasteiger partial charge in [0, 0.05) is 38.5 Å². The molecule has 0 spiro atoms. The summed E-state index contributed by atoms with van der Waals surface area (Å²) in [6.07, 6.45) is 3.71. The van der Waals surface area contributed by atoms with E-state index in [0.29, 0.717) is 12.5 Å². The lowest BCUT2D eigenvalue weighted by Crippen LogP contribution is -2.43. The number of amides is 2. The highest BCUT2D eigenvalue weighted by molar-refractivity contribution is 5.82. The summed E-state index contributed by atoms with van der Waals surface area (Å²) in [7, 11) is 1.87. The van der Waals surface area contributed by atoms with Crippen LogP contribution in [-0.4, -0.2) is 41.8 Å². The van der Waals surface area contributed by atoms with E-state index in [1.165, 1.54) is 0 Å². The summed E-state index contributed by atoms with van der Waals surface area (Å²) in [5.74, 6) is 0.871. The van der Waals surface area contributed by atoms with Crippen molar-refractivity contribution in [2.24, 2.45) is 11.8 Å². The minimum absolute atomic E-state index is 0.0666. The molecule has 4 nitrogen and oxygen atoms in total. The van der Waals surface area contributed by atoms with Crippen LogP contribution < -0.4 is 0 Å². The Bertz CT molecular complexity index is 531. The van der Waals surface area contributed by atoms with Crippen molar-refractivity contribution in [3.05, 3.63) is 35.9 Å². The van der Waals surface area contributed by atoms with Crippen LogP contribution in [0.5, 0.6) is 0 Å². The Morgan fingerprint density at radius 3 is 2.27 bits per heavy atom. The molecule has 1 heterocycles. The minimum atomic E-state index is 0.0666. The summed E-state index contributed by atoms with van der Waals surface area (Å²) in [5.41, 5.74) is 1.15. The SMILES string of the molecule is CN(Cc1ccccc1)C(=O)C1CCN(C(=O)C2CC2)CC1. The minimum Gasteiger partial charge on any atom is -0.342 e. The average molecular weight is 300 g/mol. The van der Waals surface area contributed by atoms with Gasteiger partial charge in [-0.2, -0.15) is 0 Å². The van der Waals surface area contributed by atoms with Crippen molar-refractivity contribution in [2.45, 2.75) is 32.2 Å². The molecule has 0 bridgehead atoms. The highest BCUT2D eigenvalue weighted by atomic mass is 16.2. The molecule has 1 aromatic rings. The maximum atomic E-state index is 12.5. The van der Waals surface area contributed by atoms with Crippen LogP contribution >= 0.6 is 0 Å². The summed E-state index contributed by atoms with van der Waals surface area (Å²) in [6, 6.07) is 10.1. The first-order valence-electron chi connectivity index (χ1n) is 8.23. The lowest BCUT2D eigenvalue weighted by Gasteiger charge is -2.33. The van der Waals surface area contributed by atoms with Gasteiger partial charge in [-0.25, -0.2) is 0 Å². The van der Waals surface area contributed by atoms with Crippen molar-refractivity contribution in [2.75, 3.05) is 20.1 Å². The molecule has 1 aliphatic carbocycles. The molecule has 1 saturated carbocycles. The zero-order valence-electron chi connectivity index (χ0n) is 13.2. The van der Waals surface area contributed by atoms with Crippen LogP contribution in [0.15, 0.2) is 30.3 Å². The molecule has 1 saturated heterocycles. The second kappa shape index (κ2) is 6.51. The quantitative estimate of drug-likeness (QED) is 0.856. The number of rotatable bonds is 4. The lowest BCUT2D eigenvalue weighted by atomic mass is 9.95. The first-order chi connectivity index (χ1) is 10.6. The van der Waals surface area contributed by atoms with Crippen molar-refractivity contribution in [1.29, 1.82) is 0 Å². The predicted octanol–water partition coefficient (Wildman–Crippen LogP) is 2.29. The Balaban J connectivity index is 1.49. The molecular formula is C18H24N2O2. The van der Waals surface area contributed by atoms with E-state index >= 15 is 0 Å². The van der Waals surface area contributed by atoms with Gasteiger partial charge in [0.15, 0.2) is 0 Å². The van der Waals surface area contributed by atoms with Crippen LogP contribution in [0.4, 0.5) is 0 Å². The van der Waals surface area contributed by atoms with Crippen molar-refractivity contribution in [1.82, 2.24) is 9.80 Å². The fourth-order valence-corrected chi connectivity index (χ4v) is 3.18. The lowest BCUT2D eigenvalue weighted by molar-refractivity contribution is -0.140. The van der Waals surface area contributed by atoms with Gasteiger partial charge in [-0.15, -0.1) is 0 Å². The van der Waals surface area contributed by atoms with Crippen molar-refractivity contribution in [3.8, 4) is 0 Å². The maximum absolute atomic E-state index is 12.5. The Morgan fingerprint density at radius 1 is 1.05 bits per heavy atom. The number of carbonyl (C=O) groups is 2. The van der Waals surface area contributed by atoms with Gasteiger partial charge in [0.25, 0.3) is 0 Å². The molecule has 2 amide bonds. The highest BCUT2D eigenvalue weighted by Gasteiger charge is 2.36. The van der Waals surface area contributed by atoms with Gasteiger partial charge < -0.3 is 9.80 Å². The third-order valence-electron chi connectivity index (χ3n) is 4.72. The molecule has 0 unspecified atom stereocenters. The monoisotopic (exact) mass is 300 g/mol. The number of carbonyl (C=O) groups excluding carboxylic acids is 2. The largest absolute Gasteiger partial charge is 0.342 e. The summed E-state index contributed by atoms with van der Waals surface area (Å²) >= 11 is 0. The number of hydrogen-bond donors (Lipinski definition) is 0. The smallest absolute Gasteiger partial charge is 0.225 e. The third kappa shape index (κ3) is 3.49. The molecule has 2 aliphatic rings. The van der Waals surface area contributed by atoms with E-state index in [2.05, 4.69) is 0 Å². The topological polar surface area (TPSA) is 40.6 Å². The van der Waals surface area contributed by atoms with E-state index in [0.717, 1.165) is 44.3 Å². The van der Waals surface area contributed by atoms with Gasteiger partial charge in [0.1, 0.15) is 0 Å². The molecular weight excluding hydrogens is 276 g/mol. The summed E-state index contributed by atoms with van der Waals surface area (Å²) < 4.78 is 0. The Morgan fingerprint density at radius 2 is 1.68 bits per heavy atom.